The van der Waals surface area contributed by atoms with Gasteiger partial charge < -0.3 is 10.6 Å². The van der Waals surface area contributed by atoms with Gasteiger partial charge in [-0.1, -0.05) is 36.2 Å². The quantitative estimate of drug-likeness (QED) is 0.655. The lowest BCUT2D eigenvalue weighted by Gasteiger charge is -2.06. The fourth-order valence-electron chi connectivity index (χ4n) is 1.38. The Labute approximate surface area is 122 Å². The Morgan fingerprint density at radius 1 is 1.15 bits per heavy atom. The Balaban J connectivity index is 2.49. The van der Waals surface area contributed by atoms with Gasteiger partial charge in [-0.25, -0.2) is 9.59 Å². The van der Waals surface area contributed by atoms with Gasteiger partial charge in [0.25, 0.3) is 0 Å². The summed E-state index contributed by atoms with van der Waals surface area (Å²) < 4.78 is 0. The molecule has 0 atom stereocenters. The van der Waals surface area contributed by atoms with Crippen LogP contribution in [0, 0.1) is 0 Å². The Kier molecular flexibility index (Phi) is 6.66. The molecular formula is C13H17ClN4O2. The molecule has 2 N–H and O–H groups in total. The van der Waals surface area contributed by atoms with Crippen molar-refractivity contribution in [2.45, 2.75) is 19.8 Å². The molecule has 108 valence electrons. The predicted molar refractivity (Wildman–Crippen MR) is 78.5 cm³/mol. The van der Waals surface area contributed by atoms with Crippen molar-refractivity contribution in [3.05, 3.63) is 29.8 Å². The number of urea groups is 2. The Hall–Kier alpha value is -1.95. The second-order valence-corrected chi connectivity index (χ2v) is 4.71. The minimum Gasteiger partial charge on any atom is -0.334 e. The van der Waals surface area contributed by atoms with E-state index in [1.54, 1.807) is 12.1 Å². The van der Waals surface area contributed by atoms with Gasteiger partial charge >= 0.3 is 12.1 Å². The topological polar surface area (TPSA) is 82.9 Å². The van der Waals surface area contributed by atoms with Crippen LogP contribution in [-0.4, -0.2) is 24.5 Å². The number of azo groups is 1. The van der Waals surface area contributed by atoms with Crippen molar-refractivity contribution in [1.82, 2.24) is 5.32 Å². The number of nitrogens with zero attached hydrogens (tertiary/aromatic N) is 2. The molecular weight excluding hydrogens is 280 g/mol. The van der Waals surface area contributed by atoms with E-state index in [1.807, 2.05) is 12.1 Å². The van der Waals surface area contributed by atoms with E-state index in [4.69, 9.17) is 11.6 Å². The number of carbonyl (C=O) groups excluding carboxylic acids is 2. The summed E-state index contributed by atoms with van der Waals surface area (Å²) in [6.07, 6.45) is 0. The molecule has 20 heavy (non-hydrogen) atoms. The van der Waals surface area contributed by atoms with Crippen LogP contribution in [0.25, 0.3) is 0 Å². The van der Waals surface area contributed by atoms with Gasteiger partial charge in [-0.15, -0.1) is 11.6 Å². The molecule has 0 aromatic heterocycles. The largest absolute Gasteiger partial charge is 0.364 e. The van der Waals surface area contributed by atoms with Crippen molar-refractivity contribution in [1.29, 1.82) is 0 Å². The fourth-order valence-corrected chi connectivity index (χ4v) is 1.47. The highest BCUT2D eigenvalue weighted by molar-refractivity contribution is 6.18. The number of rotatable bonds is 4. The van der Waals surface area contributed by atoms with Crippen LogP contribution in [0.4, 0.5) is 15.3 Å². The van der Waals surface area contributed by atoms with E-state index in [9.17, 15) is 9.59 Å². The first-order valence-electron chi connectivity index (χ1n) is 6.19. The van der Waals surface area contributed by atoms with Crippen molar-refractivity contribution >= 4 is 29.4 Å². The molecule has 6 nitrogen and oxygen atoms in total. The van der Waals surface area contributed by atoms with Gasteiger partial charge in [0.15, 0.2) is 0 Å². The average molecular weight is 297 g/mol. The molecule has 0 radical (unpaired) electrons. The maximum Gasteiger partial charge on any atom is 0.364 e. The molecule has 7 heteroatoms. The number of anilines is 1. The monoisotopic (exact) mass is 296 g/mol. The first-order valence-corrected chi connectivity index (χ1v) is 6.73. The molecule has 0 aliphatic heterocycles. The Bertz CT molecular complexity index is 486. The summed E-state index contributed by atoms with van der Waals surface area (Å²) in [4.78, 5) is 22.5. The molecule has 0 heterocycles. The Morgan fingerprint density at radius 3 is 2.30 bits per heavy atom. The fraction of sp³-hybridized carbons (Fsp3) is 0.385. The summed E-state index contributed by atoms with van der Waals surface area (Å²) in [5.74, 6) is 0.695. The lowest BCUT2D eigenvalue weighted by Crippen LogP contribution is -2.21. The van der Waals surface area contributed by atoms with Crippen molar-refractivity contribution < 1.29 is 9.59 Å². The summed E-state index contributed by atoms with van der Waals surface area (Å²) in [6.45, 7) is 4.44. The number of hydrogen-bond acceptors (Lipinski definition) is 2. The number of amides is 4. The van der Waals surface area contributed by atoms with E-state index in [0.29, 0.717) is 11.6 Å². The molecule has 0 unspecified atom stereocenters. The van der Waals surface area contributed by atoms with Crippen LogP contribution in [-0.2, 0) is 0 Å². The molecule has 1 aromatic carbocycles. The smallest absolute Gasteiger partial charge is 0.334 e. The van der Waals surface area contributed by atoms with Gasteiger partial charge in [-0.05, 0) is 23.6 Å². The summed E-state index contributed by atoms with van der Waals surface area (Å²) in [5.41, 5.74) is 1.77. The number of hydrogen-bond donors (Lipinski definition) is 2. The van der Waals surface area contributed by atoms with E-state index in [2.05, 4.69) is 34.7 Å². The zero-order valence-electron chi connectivity index (χ0n) is 11.4. The molecule has 0 aliphatic carbocycles. The molecule has 0 spiro atoms. The third-order valence-corrected chi connectivity index (χ3v) is 2.62. The normalized spacial score (nSPS) is 10.8. The third kappa shape index (κ3) is 5.79. The standard InChI is InChI=1S/C13H17ClN4O2/c1-9(2)10-3-5-11(6-4-10)16-13(20)18-17-12(19)15-8-7-14/h3-6,9H,7-8H2,1-2H3,(H,15,19)(H,16,20). The van der Waals surface area contributed by atoms with Crippen LogP contribution in [0.2, 0.25) is 0 Å². The second-order valence-electron chi connectivity index (χ2n) is 4.33. The molecule has 0 saturated heterocycles. The minimum atomic E-state index is -0.705. The van der Waals surface area contributed by atoms with Crippen LogP contribution >= 0.6 is 11.6 Å². The molecule has 4 amide bonds. The van der Waals surface area contributed by atoms with Crippen LogP contribution in [0.3, 0.4) is 0 Å². The van der Waals surface area contributed by atoms with E-state index in [0.717, 1.165) is 0 Å². The van der Waals surface area contributed by atoms with Crippen LogP contribution in [0.1, 0.15) is 25.3 Å². The summed E-state index contributed by atoms with van der Waals surface area (Å²) in [7, 11) is 0. The number of halogens is 1. The lowest BCUT2D eigenvalue weighted by atomic mass is 10.0. The zero-order valence-corrected chi connectivity index (χ0v) is 12.1. The van der Waals surface area contributed by atoms with Gasteiger partial charge in [0.2, 0.25) is 0 Å². The van der Waals surface area contributed by atoms with Gasteiger partial charge in [0, 0.05) is 18.1 Å². The molecule has 0 bridgehead atoms. The minimum absolute atomic E-state index is 0.273. The predicted octanol–water partition coefficient (Wildman–Crippen LogP) is 3.74. The highest BCUT2D eigenvalue weighted by atomic mass is 35.5. The Morgan fingerprint density at radius 2 is 1.75 bits per heavy atom. The SMILES string of the molecule is CC(C)c1ccc(NC(=O)N=NC(=O)NCCCl)cc1. The second kappa shape index (κ2) is 8.27. The van der Waals surface area contributed by atoms with E-state index >= 15 is 0 Å². The van der Waals surface area contributed by atoms with Crippen LogP contribution in [0.5, 0.6) is 0 Å². The van der Waals surface area contributed by atoms with Crippen molar-refractivity contribution in [2.24, 2.45) is 10.2 Å². The van der Waals surface area contributed by atoms with Gasteiger partial charge in [0.05, 0.1) is 0 Å². The molecule has 0 saturated carbocycles. The highest BCUT2D eigenvalue weighted by Crippen LogP contribution is 2.17. The molecule has 0 fully saturated rings. The van der Waals surface area contributed by atoms with E-state index in [1.165, 1.54) is 5.56 Å². The maximum atomic E-state index is 11.4. The van der Waals surface area contributed by atoms with Gasteiger partial charge in [-0.2, -0.15) is 0 Å². The zero-order chi connectivity index (χ0) is 15.0. The van der Waals surface area contributed by atoms with Gasteiger partial charge in [0.1, 0.15) is 0 Å². The summed E-state index contributed by atoms with van der Waals surface area (Å²) in [5, 5.41) is 11.3. The van der Waals surface area contributed by atoms with Gasteiger partial charge in [-0.3, -0.25) is 0 Å². The number of alkyl halides is 1. The van der Waals surface area contributed by atoms with Crippen molar-refractivity contribution in [2.75, 3.05) is 17.7 Å². The van der Waals surface area contributed by atoms with Crippen molar-refractivity contribution in [3.8, 4) is 0 Å². The van der Waals surface area contributed by atoms with Crippen LogP contribution in [0.15, 0.2) is 34.5 Å². The molecule has 1 rings (SSSR count). The summed E-state index contributed by atoms with van der Waals surface area (Å²) in [6, 6.07) is 5.99. The number of carbonyl (C=O) groups is 2. The van der Waals surface area contributed by atoms with E-state index in [-0.39, 0.29) is 12.4 Å². The first kappa shape index (κ1) is 16.1. The molecule has 0 aliphatic rings. The third-order valence-electron chi connectivity index (χ3n) is 2.43. The summed E-state index contributed by atoms with van der Waals surface area (Å²) >= 11 is 5.38. The lowest BCUT2D eigenvalue weighted by molar-refractivity contribution is 0.245. The van der Waals surface area contributed by atoms with E-state index < -0.39 is 12.1 Å². The molecule has 1 aromatic rings. The van der Waals surface area contributed by atoms with Crippen molar-refractivity contribution in [3.63, 3.8) is 0 Å². The highest BCUT2D eigenvalue weighted by Gasteiger charge is 2.03. The first-order chi connectivity index (χ1) is 9.52. The number of nitrogens with one attached hydrogen (secondary N) is 2. The number of benzene rings is 1. The average Bonchev–Trinajstić information content (AvgIpc) is 2.43. The van der Waals surface area contributed by atoms with Crippen LogP contribution < -0.4 is 10.6 Å². The maximum absolute atomic E-state index is 11.4.